The summed E-state index contributed by atoms with van der Waals surface area (Å²) in [5.74, 6) is 0.863. The molecule has 0 atom stereocenters. The molecule has 0 aliphatic heterocycles. The lowest BCUT2D eigenvalue weighted by atomic mass is 10.1. The maximum atomic E-state index is 12.9. The zero-order valence-electron chi connectivity index (χ0n) is 19.3. The normalized spacial score (nSPS) is 14.5. The maximum absolute atomic E-state index is 12.9. The average Bonchev–Trinajstić information content (AvgIpc) is 3.48. The van der Waals surface area contributed by atoms with Gasteiger partial charge in [0.2, 0.25) is 0 Å². The van der Waals surface area contributed by atoms with E-state index in [2.05, 4.69) is 68.7 Å². The van der Waals surface area contributed by atoms with Gasteiger partial charge in [-0.05, 0) is 65.8 Å². The Morgan fingerprint density at radius 3 is 2.52 bits per heavy atom. The highest BCUT2D eigenvalue weighted by Gasteiger charge is 2.23. The van der Waals surface area contributed by atoms with Crippen LogP contribution >= 0.6 is 0 Å². The molecule has 170 valence electrons. The van der Waals surface area contributed by atoms with E-state index in [1.807, 2.05) is 23.7 Å². The van der Waals surface area contributed by atoms with Crippen molar-refractivity contribution in [3.05, 3.63) is 87.0 Å². The van der Waals surface area contributed by atoms with Gasteiger partial charge in [0.1, 0.15) is 0 Å². The maximum Gasteiger partial charge on any atom is 0.252 e. The molecular formula is C26H30N6O. The van der Waals surface area contributed by atoms with E-state index in [4.69, 9.17) is 0 Å². The van der Waals surface area contributed by atoms with Crippen LogP contribution in [0.5, 0.6) is 0 Å². The summed E-state index contributed by atoms with van der Waals surface area (Å²) < 4.78 is 2.00. The number of H-pyrrole nitrogens is 1. The highest BCUT2D eigenvalue weighted by atomic mass is 16.1. The van der Waals surface area contributed by atoms with Gasteiger partial charge in [-0.1, -0.05) is 54.8 Å². The lowest BCUT2D eigenvalue weighted by Crippen LogP contribution is -2.28. The van der Waals surface area contributed by atoms with Gasteiger partial charge in [-0.2, -0.15) is 0 Å². The molecule has 5 rings (SSSR count). The molecule has 1 aliphatic carbocycles. The van der Waals surface area contributed by atoms with E-state index >= 15 is 0 Å². The first-order valence-corrected chi connectivity index (χ1v) is 11.7. The monoisotopic (exact) mass is 442 g/mol. The third-order valence-corrected chi connectivity index (χ3v) is 6.60. The number of tetrazole rings is 1. The summed E-state index contributed by atoms with van der Waals surface area (Å²) in [6.45, 7) is 5.94. The van der Waals surface area contributed by atoms with E-state index in [-0.39, 0.29) is 5.56 Å². The molecule has 0 saturated heterocycles. The first-order valence-electron chi connectivity index (χ1n) is 11.7. The molecule has 0 unspecified atom stereocenters. The van der Waals surface area contributed by atoms with Crippen LogP contribution < -0.4 is 5.56 Å². The molecule has 7 heteroatoms. The van der Waals surface area contributed by atoms with Gasteiger partial charge in [-0.3, -0.25) is 9.69 Å². The van der Waals surface area contributed by atoms with Crippen molar-refractivity contribution in [1.29, 1.82) is 0 Å². The predicted molar refractivity (Wildman–Crippen MR) is 129 cm³/mol. The smallest absolute Gasteiger partial charge is 0.252 e. The first-order chi connectivity index (χ1) is 16.0. The molecule has 1 fully saturated rings. The van der Waals surface area contributed by atoms with E-state index in [9.17, 15) is 4.79 Å². The fraction of sp³-hybridized carbons (Fsp3) is 0.385. The zero-order valence-corrected chi connectivity index (χ0v) is 19.3. The van der Waals surface area contributed by atoms with Gasteiger partial charge in [0.15, 0.2) is 5.82 Å². The van der Waals surface area contributed by atoms with E-state index in [1.54, 1.807) is 0 Å². The minimum atomic E-state index is -0.0441. The van der Waals surface area contributed by atoms with Gasteiger partial charge in [-0.15, -0.1) is 5.10 Å². The molecule has 1 N–H and O–H groups in total. The number of hydrogen-bond acceptors (Lipinski definition) is 5. The molecule has 2 aromatic carbocycles. The second kappa shape index (κ2) is 9.27. The quantitative estimate of drug-likeness (QED) is 0.457. The Labute approximate surface area is 193 Å². The Morgan fingerprint density at radius 1 is 0.970 bits per heavy atom. The number of aryl methyl sites for hydroxylation is 2. The highest BCUT2D eigenvalue weighted by molar-refractivity contribution is 5.79. The van der Waals surface area contributed by atoms with Crippen molar-refractivity contribution in [2.45, 2.75) is 65.2 Å². The Balaban J connectivity index is 1.45. The van der Waals surface area contributed by atoms with Crippen LogP contribution in [0.2, 0.25) is 0 Å². The Hall–Kier alpha value is -3.32. The van der Waals surface area contributed by atoms with Crippen LogP contribution in [0, 0.1) is 13.8 Å². The average molecular weight is 443 g/mol. The lowest BCUT2D eigenvalue weighted by molar-refractivity contribution is 0.231. The summed E-state index contributed by atoms with van der Waals surface area (Å²) in [6, 6.07) is 17.1. The number of nitrogens with zero attached hydrogens (tertiary/aromatic N) is 5. The SMILES string of the molecule is Cc1ccc(CN(Cc2cc3ccc(C)cc3[nH]c2=O)Cc2nnnn2C2CCCC2)cc1. The minimum Gasteiger partial charge on any atom is -0.322 e. The Bertz CT molecular complexity index is 1300. The first kappa shape index (κ1) is 21.5. The van der Waals surface area contributed by atoms with Gasteiger partial charge in [0.05, 0.1) is 12.6 Å². The number of nitrogens with one attached hydrogen (secondary N) is 1. The molecular weight excluding hydrogens is 412 g/mol. The second-order valence-corrected chi connectivity index (χ2v) is 9.32. The molecule has 4 aromatic rings. The summed E-state index contributed by atoms with van der Waals surface area (Å²) in [5.41, 5.74) is 5.14. The third-order valence-electron chi connectivity index (χ3n) is 6.60. The van der Waals surface area contributed by atoms with Crippen molar-refractivity contribution in [3.8, 4) is 0 Å². The van der Waals surface area contributed by atoms with E-state index < -0.39 is 0 Å². The van der Waals surface area contributed by atoms with Gasteiger partial charge >= 0.3 is 0 Å². The fourth-order valence-corrected chi connectivity index (χ4v) is 4.79. The number of benzene rings is 2. The van der Waals surface area contributed by atoms with Crippen LogP contribution in [0.15, 0.2) is 53.3 Å². The number of rotatable bonds is 7. The van der Waals surface area contributed by atoms with Gasteiger partial charge in [-0.25, -0.2) is 4.68 Å². The van der Waals surface area contributed by atoms with Crippen molar-refractivity contribution in [2.24, 2.45) is 0 Å². The van der Waals surface area contributed by atoms with Crippen LogP contribution in [0.3, 0.4) is 0 Å². The summed E-state index contributed by atoms with van der Waals surface area (Å²) >= 11 is 0. The van der Waals surface area contributed by atoms with Crippen LogP contribution in [-0.2, 0) is 19.6 Å². The number of aromatic amines is 1. The van der Waals surface area contributed by atoms with Crippen molar-refractivity contribution in [2.75, 3.05) is 0 Å². The summed E-state index contributed by atoms with van der Waals surface area (Å²) in [6.07, 6.45) is 4.70. The highest BCUT2D eigenvalue weighted by Crippen LogP contribution is 2.29. The van der Waals surface area contributed by atoms with Crippen molar-refractivity contribution >= 4 is 10.9 Å². The fourth-order valence-electron chi connectivity index (χ4n) is 4.79. The van der Waals surface area contributed by atoms with Gasteiger partial charge in [0, 0.05) is 24.2 Å². The van der Waals surface area contributed by atoms with Crippen molar-refractivity contribution < 1.29 is 0 Å². The molecule has 0 amide bonds. The second-order valence-electron chi connectivity index (χ2n) is 9.32. The number of aromatic nitrogens is 5. The molecule has 0 radical (unpaired) electrons. The summed E-state index contributed by atoms with van der Waals surface area (Å²) in [5, 5.41) is 13.7. The molecule has 1 aliphatic rings. The van der Waals surface area contributed by atoms with Gasteiger partial charge in [0.25, 0.3) is 5.56 Å². The predicted octanol–water partition coefficient (Wildman–Crippen LogP) is 4.45. The standard InChI is InChI=1S/C26H30N6O/c1-18-7-10-20(11-8-18)15-31(17-25-28-29-30-32(25)23-5-3-4-6-23)16-22-14-21-12-9-19(2)13-24(21)27-26(22)33/h7-14,23H,3-6,15-17H2,1-2H3,(H,27,33). The van der Waals surface area contributed by atoms with E-state index in [0.29, 0.717) is 25.7 Å². The Morgan fingerprint density at radius 2 is 1.73 bits per heavy atom. The molecule has 2 heterocycles. The topological polar surface area (TPSA) is 79.7 Å². The van der Waals surface area contributed by atoms with Crippen molar-refractivity contribution in [3.63, 3.8) is 0 Å². The van der Waals surface area contributed by atoms with Crippen LogP contribution in [0.25, 0.3) is 10.9 Å². The molecule has 1 saturated carbocycles. The summed E-state index contributed by atoms with van der Waals surface area (Å²) in [7, 11) is 0. The molecule has 7 nitrogen and oxygen atoms in total. The van der Waals surface area contributed by atoms with Crippen LogP contribution in [0.4, 0.5) is 0 Å². The van der Waals surface area contributed by atoms with Crippen molar-refractivity contribution in [1.82, 2.24) is 30.1 Å². The van der Waals surface area contributed by atoms with E-state index in [1.165, 1.54) is 24.0 Å². The number of fused-ring (bicyclic) bond motifs is 1. The minimum absolute atomic E-state index is 0.0441. The zero-order chi connectivity index (χ0) is 22.8. The number of pyridine rings is 1. The molecule has 33 heavy (non-hydrogen) atoms. The van der Waals surface area contributed by atoms with Crippen LogP contribution in [0.1, 0.15) is 59.8 Å². The molecule has 0 bridgehead atoms. The molecule has 2 aromatic heterocycles. The Kier molecular flexibility index (Phi) is 6.05. The van der Waals surface area contributed by atoms with E-state index in [0.717, 1.165) is 40.7 Å². The number of hydrogen-bond donors (Lipinski definition) is 1. The van der Waals surface area contributed by atoms with Crippen LogP contribution in [-0.4, -0.2) is 30.1 Å². The lowest BCUT2D eigenvalue weighted by Gasteiger charge is -2.23. The molecule has 0 spiro atoms. The largest absolute Gasteiger partial charge is 0.322 e. The van der Waals surface area contributed by atoms with Gasteiger partial charge < -0.3 is 4.98 Å². The summed E-state index contributed by atoms with van der Waals surface area (Å²) in [4.78, 5) is 18.2. The third kappa shape index (κ3) is 4.88.